The van der Waals surface area contributed by atoms with Gasteiger partial charge in [0.15, 0.2) is 0 Å². The Bertz CT molecular complexity index is 412. The second-order valence-corrected chi connectivity index (χ2v) is 5.07. The monoisotopic (exact) mass is 272 g/mol. The van der Waals surface area contributed by atoms with Gasteiger partial charge < -0.3 is 21.7 Å². The van der Waals surface area contributed by atoms with Gasteiger partial charge in [-0.25, -0.2) is 0 Å². The van der Waals surface area contributed by atoms with Gasteiger partial charge in [-0.3, -0.25) is 14.4 Å². The molecule has 1 atom stereocenters. The van der Waals surface area contributed by atoms with Gasteiger partial charge in [-0.1, -0.05) is 12.2 Å². The highest BCUT2D eigenvalue weighted by Gasteiger charge is 2.41. The van der Waals surface area contributed by atoms with E-state index in [1.165, 1.54) is 4.90 Å². The molecule has 1 unspecified atom stereocenters. The summed E-state index contributed by atoms with van der Waals surface area (Å²) in [5, 5.41) is 2.30. The normalized spacial score (nSPS) is 22.6. The molecule has 3 amide bonds. The molecule has 1 aliphatic rings. The van der Waals surface area contributed by atoms with Crippen LogP contribution in [0.15, 0.2) is 0 Å². The van der Waals surface area contributed by atoms with Crippen LogP contribution in [0, 0.1) is 5.41 Å². The lowest BCUT2D eigenvalue weighted by Gasteiger charge is -2.20. The predicted molar refractivity (Wildman–Crippen MR) is 68.3 cm³/mol. The molecule has 1 heterocycles. The fourth-order valence-electron chi connectivity index (χ4n) is 1.72. The lowest BCUT2D eigenvalue weighted by Crippen LogP contribution is -2.46. The molecule has 0 spiro atoms. The van der Waals surface area contributed by atoms with E-state index in [-0.39, 0.29) is 18.1 Å². The van der Waals surface area contributed by atoms with Gasteiger partial charge in [0.25, 0.3) is 0 Å². The minimum Gasteiger partial charge on any atom is -0.392 e. The van der Waals surface area contributed by atoms with Crippen LogP contribution in [0.2, 0.25) is 0 Å². The van der Waals surface area contributed by atoms with Crippen LogP contribution in [-0.4, -0.2) is 47.2 Å². The number of nitrogens with one attached hydrogen (secondary N) is 1. The number of carbonyl (C=O) groups excluding carboxylic acids is 3. The van der Waals surface area contributed by atoms with Crippen molar-refractivity contribution in [2.24, 2.45) is 16.9 Å². The van der Waals surface area contributed by atoms with Gasteiger partial charge in [0.1, 0.15) is 0 Å². The number of hydrogen-bond acceptors (Lipinski definition) is 4. The van der Waals surface area contributed by atoms with E-state index in [9.17, 15) is 14.4 Å². The number of likely N-dealkylation sites (tertiary alicyclic amines) is 1. The first kappa shape index (κ1) is 14.4. The van der Waals surface area contributed by atoms with Gasteiger partial charge in [-0.15, -0.1) is 0 Å². The Labute approximate surface area is 110 Å². The SMILES string of the molecule is CC1(C(N)=O)CCN(C(=O)C(=O)NCC(N)=S)C1. The number of primary amides is 1. The maximum absolute atomic E-state index is 11.7. The number of nitrogens with two attached hydrogens (primary N) is 2. The van der Waals surface area contributed by atoms with Gasteiger partial charge in [-0.05, 0) is 13.3 Å². The quantitative estimate of drug-likeness (QED) is 0.410. The summed E-state index contributed by atoms with van der Waals surface area (Å²) in [6, 6.07) is 0. The Hall–Kier alpha value is -1.70. The molecular weight excluding hydrogens is 256 g/mol. The molecule has 1 saturated heterocycles. The van der Waals surface area contributed by atoms with Crippen LogP contribution in [0.5, 0.6) is 0 Å². The second-order valence-electron chi connectivity index (χ2n) is 4.55. The molecule has 0 radical (unpaired) electrons. The second kappa shape index (κ2) is 5.30. The first-order valence-electron chi connectivity index (χ1n) is 5.41. The Morgan fingerprint density at radius 2 is 2.00 bits per heavy atom. The van der Waals surface area contributed by atoms with E-state index in [2.05, 4.69) is 17.5 Å². The van der Waals surface area contributed by atoms with E-state index in [1.54, 1.807) is 6.92 Å². The van der Waals surface area contributed by atoms with Crippen LogP contribution >= 0.6 is 12.2 Å². The maximum Gasteiger partial charge on any atom is 0.311 e. The van der Waals surface area contributed by atoms with Gasteiger partial charge in [-0.2, -0.15) is 0 Å². The number of thiocarbonyl (C=S) groups is 1. The summed E-state index contributed by atoms with van der Waals surface area (Å²) in [7, 11) is 0. The molecular formula is C10H16N4O3S. The van der Waals surface area contributed by atoms with E-state index in [1.807, 2.05) is 0 Å². The maximum atomic E-state index is 11.7. The van der Waals surface area contributed by atoms with Gasteiger partial charge >= 0.3 is 11.8 Å². The highest BCUT2D eigenvalue weighted by molar-refractivity contribution is 7.80. The Kier molecular flexibility index (Phi) is 4.23. The first-order valence-corrected chi connectivity index (χ1v) is 5.82. The van der Waals surface area contributed by atoms with Crippen molar-refractivity contribution < 1.29 is 14.4 Å². The summed E-state index contributed by atoms with van der Waals surface area (Å²) >= 11 is 4.58. The lowest BCUT2D eigenvalue weighted by atomic mass is 9.89. The van der Waals surface area contributed by atoms with Gasteiger partial charge in [0.2, 0.25) is 5.91 Å². The molecule has 0 bridgehead atoms. The minimum absolute atomic E-state index is 0.0270. The molecule has 1 rings (SSSR count). The lowest BCUT2D eigenvalue weighted by molar-refractivity contribution is -0.145. The summed E-state index contributed by atoms with van der Waals surface area (Å²) in [5.41, 5.74) is 9.70. The molecule has 0 aromatic heterocycles. The zero-order chi connectivity index (χ0) is 13.9. The molecule has 18 heavy (non-hydrogen) atoms. The third-order valence-electron chi connectivity index (χ3n) is 2.97. The molecule has 0 saturated carbocycles. The molecule has 0 aromatic rings. The van der Waals surface area contributed by atoms with Crippen molar-refractivity contribution in [3.05, 3.63) is 0 Å². The van der Waals surface area contributed by atoms with Gasteiger partial charge in [0, 0.05) is 13.1 Å². The molecule has 1 aliphatic heterocycles. The van der Waals surface area contributed by atoms with E-state index in [0.29, 0.717) is 13.0 Å². The van der Waals surface area contributed by atoms with Crippen molar-refractivity contribution >= 4 is 34.9 Å². The zero-order valence-electron chi connectivity index (χ0n) is 10.1. The van der Waals surface area contributed by atoms with Crippen molar-refractivity contribution in [3.63, 3.8) is 0 Å². The summed E-state index contributed by atoms with van der Waals surface area (Å²) < 4.78 is 0. The van der Waals surface area contributed by atoms with Crippen molar-refractivity contribution in [2.45, 2.75) is 13.3 Å². The molecule has 0 aliphatic carbocycles. The number of amides is 3. The Morgan fingerprint density at radius 3 is 2.44 bits per heavy atom. The molecule has 1 fully saturated rings. The topological polar surface area (TPSA) is 119 Å². The number of hydrogen-bond donors (Lipinski definition) is 3. The van der Waals surface area contributed by atoms with Crippen molar-refractivity contribution in [3.8, 4) is 0 Å². The summed E-state index contributed by atoms with van der Waals surface area (Å²) in [6.07, 6.45) is 0.455. The van der Waals surface area contributed by atoms with Crippen molar-refractivity contribution in [2.75, 3.05) is 19.6 Å². The van der Waals surface area contributed by atoms with Crippen LogP contribution in [0.25, 0.3) is 0 Å². The Morgan fingerprint density at radius 1 is 1.39 bits per heavy atom. The summed E-state index contributed by atoms with van der Waals surface area (Å²) in [6.45, 7) is 2.14. The minimum atomic E-state index is -0.781. The molecule has 8 heteroatoms. The molecule has 5 N–H and O–H groups in total. The molecule has 100 valence electrons. The number of carbonyl (C=O) groups is 3. The van der Waals surface area contributed by atoms with E-state index >= 15 is 0 Å². The van der Waals surface area contributed by atoms with Crippen LogP contribution < -0.4 is 16.8 Å². The molecule has 7 nitrogen and oxygen atoms in total. The highest BCUT2D eigenvalue weighted by atomic mass is 32.1. The summed E-state index contributed by atoms with van der Waals surface area (Å²) in [5.74, 6) is -1.95. The smallest absolute Gasteiger partial charge is 0.311 e. The van der Waals surface area contributed by atoms with E-state index in [4.69, 9.17) is 11.5 Å². The van der Waals surface area contributed by atoms with Crippen LogP contribution in [0.1, 0.15) is 13.3 Å². The third kappa shape index (κ3) is 3.16. The van der Waals surface area contributed by atoms with E-state index in [0.717, 1.165) is 0 Å². The number of nitrogens with zero attached hydrogens (tertiary/aromatic N) is 1. The zero-order valence-corrected chi connectivity index (χ0v) is 10.9. The fourth-order valence-corrected chi connectivity index (χ4v) is 1.79. The van der Waals surface area contributed by atoms with Crippen molar-refractivity contribution in [1.82, 2.24) is 10.2 Å². The first-order chi connectivity index (χ1) is 8.26. The average molecular weight is 272 g/mol. The van der Waals surface area contributed by atoms with Gasteiger partial charge in [0.05, 0.1) is 16.9 Å². The van der Waals surface area contributed by atoms with Crippen LogP contribution in [-0.2, 0) is 14.4 Å². The predicted octanol–water partition coefficient (Wildman–Crippen LogP) is -1.89. The standard InChI is InChI=1S/C10H16N4O3S/c1-10(9(12)17)2-3-14(5-10)8(16)7(15)13-4-6(11)18/h2-5H2,1H3,(H2,11,18)(H2,12,17)(H,13,15). The average Bonchev–Trinajstić information content (AvgIpc) is 2.69. The molecule has 0 aromatic carbocycles. The fraction of sp³-hybridized carbons (Fsp3) is 0.600. The number of rotatable bonds is 3. The van der Waals surface area contributed by atoms with Crippen LogP contribution in [0.4, 0.5) is 0 Å². The summed E-state index contributed by atoms with van der Waals surface area (Å²) in [4.78, 5) is 35.9. The van der Waals surface area contributed by atoms with Crippen LogP contribution in [0.3, 0.4) is 0 Å². The van der Waals surface area contributed by atoms with E-state index < -0.39 is 23.1 Å². The third-order valence-corrected chi connectivity index (χ3v) is 3.12. The van der Waals surface area contributed by atoms with Crippen molar-refractivity contribution in [1.29, 1.82) is 0 Å². The Balaban J connectivity index is 2.57. The highest BCUT2D eigenvalue weighted by Crippen LogP contribution is 2.29. The largest absolute Gasteiger partial charge is 0.392 e.